The van der Waals surface area contributed by atoms with Crippen LogP contribution in [0, 0.1) is 6.92 Å². The van der Waals surface area contributed by atoms with Gasteiger partial charge in [-0.05, 0) is 26.0 Å². The van der Waals surface area contributed by atoms with E-state index in [4.69, 9.17) is 4.74 Å². The number of benzene rings is 1. The maximum absolute atomic E-state index is 11.7. The van der Waals surface area contributed by atoms with Gasteiger partial charge in [-0.3, -0.25) is 9.59 Å². The molecule has 19 heavy (non-hydrogen) atoms. The van der Waals surface area contributed by atoms with Gasteiger partial charge in [-0.1, -0.05) is 24.3 Å². The Kier molecular flexibility index (Phi) is 5.60. The number of carbonyl (C=O) groups is 2. The van der Waals surface area contributed by atoms with Crippen molar-refractivity contribution in [2.45, 2.75) is 19.9 Å². The maximum Gasteiger partial charge on any atom is 0.203 e. The smallest absolute Gasteiger partial charge is 0.203 e. The molecule has 0 saturated carbocycles. The minimum absolute atomic E-state index is 0.235. The van der Waals surface area contributed by atoms with Crippen LogP contribution in [0.1, 0.15) is 12.5 Å². The van der Waals surface area contributed by atoms with E-state index in [2.05, 4.69) is 16.8 Å². The van der Waals surface area contributed by atoms with Crippen molar-refractivity contribution in [3.8, 4) is 0 Å². The molecule has 100 valence electrons. The third-order valence-corrected chi connectivity index (χ3v) is 2.36. The Morgan fingerprint density at radius 1 is 1.37 bits per heavy atom. The molecule has 0 fully saturated rings. The van der Waals surface area contributed by atoms with E-state index < -0.39 is 11.8 Å². The van der Waals surface area contributed by atoms with E-state index >= 15 is 0 Å². The number of ketones is 2. The molecular weight excluding hydrogens is 244 g/mol. The molecule has 0 aliphatic rings. The molecule has 0 N–H and O–H groups in total. The Hall–Kier alpha value is -2.30. The van der Waals surface area contributed by atoms with Crippen LogP contribution in [0.4, 0.5) is 5.69 Å². The van der Waals surface area contributed by atoms with Crippen LogP contribution in [-0.4, -0.2) is 24.2 Å². The van der Waals surface area contributed by atoms with Gasteiger partial charge in [-0.15, -0.1) is 0 Å². The van der Waals surface area contributed by atoms with E-state index in [1.807, 2.05) is 19.1 Å². The molecule has 0 aliphatic heterocycles. The molecule has 1 rings (SSSR count). The first-order valence-corrected chi connectivity index (χ1v) is 5.77. The molecule has 1 unspecified atom stereocenters. The Morgan fingerprint density at radius 3 is 2.53 bits per heavy atom. The second kappa shape index (κ2) is 7.20. The predicted octanol–water partition coefficient (Wildman–Crippen LogP) is 2.77. The summed E-state index contributed by atoms with van der Waals surface area (Å²) in [5, 5.41) is 7.69. The van der Waals surface area contributed by atoms with Crippen molar-refractivity contribution in [1.82, 2.24) is 0 Å². The van der Waals surface area contributed by atoms with Crippen LogP contribution >= 0.6 is 0 Å². The fourth-order valence-corrected chi connectivity index (χ4v) is 1.33. The zero-order valence-electron chi connectivity index (χ0n) is 11.0. The normalized spacial score (nSPS) is 12.1. The van der Waals surface area contributed by atoms with Gasteiger partial charge in [0.25, 0.3) is 0 Å². The summed E-state index contributed by atoms with van der Waals surface area (Å²) in [6.07, 6.45) is 1.15. The zero-order valence-corrected chi connectivity index (χ0v) is 11.0. The topological polar surface area (TPSA) is 68.1 Å². The Morgan fingerprint density at radius 2 is 2.00 bits per heavy atom. The summed E-state index contributed by atoms with van der Waals surface area (Å²) in [6, 6.07) is 6.15. The van der Waals surface area contributed by atoms with Crippen molar-refractivity contribution < 1.29 is 14.3 Å². The Labute approximate surface area is 112 Å². The van der Waals surface area contributed by atoms with Gasteiger partial charge in [0, 0.05) is 0 Å². The van der Waals surface area contributed by atoms with Crippen molar-refractivity contribution >= 4 is 17.3 Å². The molecule has 1 aromatic carbocycles. The lowest BCUT2D eigenvalue weighted by molar-refractivity contribution is -0.129. The van der Waals surface area contributed by atoms with Crippen molar-refractivity contribution in [1.29, 1.82) is 0 Å². The lowest BCUT2D eigenvalue weighted by Crippen LogP contribution is -2.29. The van der Waals surface area contributed by atoms with Crippen molar-refractivity contribution in [3.05, 3.63) is 42.7 Å². The highest BCUT2D eigenvalue weighted by Gasteiger charge is 2.22. The fourth-order valence-electron chi connectivity index (χ4n) is 1.33. The first kappa shape index (κ1) is 14.8. The molecule has 0 saturated heterocycles. The minimum Gasteiger partial charge on any atom is -0.494 e. The van der Waals surface area contributed by atoms with Crippen molar-refractivity contribution in [2.24, 2.45) is 10.2 Å². The van der Waals surface area contributed by atoms with Crippen LogP contribution < -0.4 is 0 Å². The van der Waals surface area contributed by atoms with Gasteiger partial charge >= 0.3 is 0 Å². The number of carbonyl (C=O) groups excluding carboxylic acids is 2. The Bertz CT molecular complexity index is 492. The van der Waals surface area contributed by atoms with E-state index in [1.165, 1.54) is 6.92 Å². The van der Waals surface area contributed by atoms with Crippen LogP contribution in [0.5, 0.6) is 0 Å². The van der Waals surface area contributed by atoms with E-state index in [1.54, 1.807) is 12.1 Å². The van der Waals surface area contributed by atoms with Gasteiger partial charge in [-0.2, -0.15) is 10.2 Å². The van der Waals surface area contributed by atoms with E-state index in [9.17, 15) is 9.59 Å². The number of rotatable bonds is 7. The highest BCUT2D eigenvalue weighted by Crippen LogP contribution is 2.14. The molecular formula is C14H16N2O3. The molecule has 0 radical (unpaired) electrons. The highest BCUT2D eigenvalue weighted by atomic mass is 16.5. The summed E-state index contributed by atoms with van der Waals surface area (Å²) in [5.74, 6) is -0.809. The molecule has 0 spiro atoms. The van der Waals surface area contributed by atoms with Crippen molar-refractivity contribution in [3.63, 3.8) is 0 Å². The number of nitrogens with zero attached hydrogens (tertiary/aromatic N) is 2. The fraction of sp³-hybridized carbons (Fsp3) is 0.286. The minimum atomic E-state index is -1.12. The number of ether oxygens (including phenoxy) is 1. The summed E-state index contributed by atoms with van der Waals surface area (Å²) in [7, 11) is 0. The van der Waals surface area contributed by atoms with E-state index in [-0.39, 0.29) is 12.4 Å². The standard InChI is InChI=1S/C14H16N2O3/c1-4-19-9-13(18)14(11(3)17)16-15-12-7-5-10(2)6-8-12/h4-8,14H,1,9H2,2-3H3. The summed E-state index contributed by atoms with van der Waals surface area (Å²) >= 11 is 0. The molecule has 0 aromatic heterocycles. The first-order valence-electron chi connectivity index (χ1n) is 5.77. The van der Waals surface area contributed by atoms with Crippen LogP contribution in [0.3, 0.4) is 0 Å². The quantitative estimate of drug-likeness (QED) is 0.430. The maximum atomic E-state index is 11.7. The molecule has 1 atom stereocenters. The van der Waals surface area contributed by atoms with Gasteiger partial charge in [0.1, 0.15) is 6.61 Å². The summed E-state index contributed by atoms with van der Waals surface area (Å²) in [6.45, 7) is 6.34. The van der Waals surface area contributed by atoms with E-state index in [0.29, 0.717) is 5.69 Å². The molecule has 0 heterocycles. The van der Waals surface area contributed by atoms with Crippen LogP contribution in [-0.2, 0) is 14.3 Å². The first-order chi connectivity index (χ1) is 9.04. The van der Waals surface area contributed by atoms with E-state index in [0.717, 1.165) is 11.8 Å². The van der Waals surface area contributed by atoms with Gasteiger partial charge in [0.15, 0.2) is 11.8 Å². The molecule has 0 aliphatic carbocycles. The largest absolute Gasteiger partial charge is 0.494 e. The van der Waals surface area contributed by atoms with Crippen molar-refractivity contribution in [2.75, 3.05) is 6.61 Å². The Balaban J connectivity index is 2.78. The number of Topliss-reactive ketones (excluding diaryl/α,β-unsaturated/α-hetero) is 2. The molecule has 1 aromatic rings. The zero-order chi connectivity index (χ0) is 14.3. The van der Waals surface area contributed by atoms with Gasteiger partial charge in [-0.25, -0.2) is 0 Å². The number of aryl methyl sites for hydroxylation is 1. The third kappa shape index (κ3) is 4.83. The number of azo groups is 1. The lowest BCUT2D eigenvalue weighted by atomic mass is 10.1. The second-order valence-electron chi connectivity index (χ2n) is 4.01. The molecule has 5 nitrogen and oxygen atoms in total. The molecule has 5 heteroatoms. The lowest BCUT2D eigenvalue weighted by Gasteiger charge is -2.06. The second-order valence-corrected chi connectivity index (χ2v) is 4.01. The van der Waals surface area contributed by atoms with Gasteiger partial charge in [0.2, 0.25) is 5.78 Å². The summed E-state index contributed by atoms with van der Waals surface area (Å²) in [5.41, 5.74) is 1.69. The summed E-state index contributed by atoms with van der Waals surface area (Å²) in [4.78, 5) is 23.0. The van der Waals surface area contributed by atoms with Crippen LogP contribution in [0.2, 0.25) is 0 Å². The number of hydrogen-bond donors (Lipinski definition) is 0. The van der Waals surface area contributed by atoms with Gasteiger partial charge in [0.05, 0.1) is 11.9 Å². The molecule has 0 amide bonds. The SMILES string of the molecule is C=COCC(=O)C(N=Nc1ccc(C)cc1)C(C)=O. The highest BCUT2D eigenvalue weighted by molar-refractivity contribution is 6.06. The monoisotopic (exact) mass is 260 g/mol. The summed E-state index contributed by atoms with van der Waals surface area (Å²) < 4.78 is 4.75. The molecule has 0 bridgehead atoms. The van der Waals surface area contributed by atoms with Crippen LogP contribution in [0.15, 0.2) is 47.3 Å². The predicted molar refractivity (Wildman–Crippen MR) is 71.3 cm³/mol. The van der Waals surface area contributed by atoms with Gasteiger partial charge < -0.3 is 4.74 Å². The third-order valence-electron chi connectivity index (χ3n) is 2.36. The average molecular weight is 260 g/mol. The average Bonchev–Trinajstić information content (AvgIpc) is 2.38. The number of hydrogen-bond acceptors (Lipinski definition) is 5. The van der Waals surface area contributed by atoms with Crippen LogP contribution in [0.25, 0.3) is 0 Å².